The van der Waals surface area contributed by atoms with Gasteiger partial charge in [-0.3, -0.25) is 0 Å². The molecule has 4 heteroatoms. The van der Waals surface area contributed by atoms with Crippen LogP contribution in [0.15, 0.2) is 25.8 Å². The quantitative estimate of drug-likeness (QED) is 0.353. The highest BCUT2D eigenvalue weighted by atomic mass is 16.4. The van der Waals surface area contributed by atoms with Crippen LogP contribution in [0.5, 0.6) is 0 Å². The Morgan fingerprint density at radius 1 is 1.19 bits per heavy atom. The molecule has 0 aromatic carbocycles. The SMILES string of the molecule is C=C.C=CC(=O)O.CCNCCCNCC. The molecule has 0 bridgehead atoms. The number of nitrogens with one attached hydrogen (secondary N) is 2. The number of carboxylic acids is 1. The number of rotatable bonds is 7. The van der Waals surface area contributed by atoms with Crippen molar-refractivity contribution in [3.8, 4) is 0 Å². The van der Waals surface area contributed by atoms with Gasteiger partial charge in [0.15, 0.2) is 0 Å². The summed E-state index contributed by atoms with van der Waals surface area (Å²) in [7, 11) is 0. The summed E-state index contributed by atoms with van der Waals surface area (Å²) in [5.74, 6) is -0.981. The minimum absolute atomic E-state index is 0.833. The van der Waals surface area contributed by atoms with Gasteiger partial charge in [-0.25, -0.2) is 4.79 Å². The average Bonchev–Trinajstić information content (AvgIpc) is 2.32. The first-order chi connectivity index (χ1) is 7.68. The molecule has 16 heavy (non-hydrogen) atoms. The maximum Gasteiger partial charge on any atom is 0.327 e. The van der Waals surface area contributed by atoms with Gasteiger partial charge < -0.3 is 15.7 Å². The maximum absolute atomic E-state index is 9.25. The first-order valence-electron chi connectivity index (χ1n) is 5.45. The van der Waals surface area contributed by atoms with Crippen LogP contribution in [0, 0.1) is 0 Å². The van der Waals surface area contributed by atoms with Crippen molar-refractivity contribution in [3.05, 3.63) is 25.8 Å². The van der Waals surface area contributed by atoms with Gasteiger partial charge in [0.25, 0.3) is 0 Å². The summed E-state index contributed by atoms with van der Waals surface area (Å²) in [6.45, 7) is 17.7. The molecule has 0 saturated heterocycles. The van der Waals surface area contributed by atoms with Crippen molar-refractivity contribution in [2.24, 2.45) is 0 Å². The van der Waals surface area contributed by atoms with Gasteiger partial charge in [-0.05, 0) is 32.6 Å². The molecule has 0 radical (unpaired) electrons. The van der Waals surface area contributed by atoms with E-state index in [9.17, 15) is 4.79 Å². The monoisotopic (exact) mass is 230 g/mol. The van der Waals surface area contributed by atoms with Crippen LogP contribution >= 0.6 is 0 Å². The Morgan fingerprint density at radius 3 is 1.69 bits per heavy atom. The van der Waals surface area contributed by atoms with Crippen LogP contribution in [0.3, 0.4) is 0 Å². The van der Waals surface area contributed by atoms with E-state index >= 15 is 0 Å². The second kappa shape index (κ2) is 23.6. The molecule has 0 fully saturated rings. The van der Waals surface area contributed by atoms with E-state index in [1.165, 1.54) is 6.42 Å². The van der Waals surface area contributed by atoms with Gasteiger partial charge in [-0.2, -0.15) is 0 Å². The van der Waals surface area contributed by atoms with E-state index in [-0.39, 0.29) is 0 Å². The Balaban J connectivity index is -0.000000205. The Kier molecular flexibility index (Phi) is 29.9. The van der Waals surface area contributed by atoms with Gasteiger partial charge in [-0.15, -0.1) is 13.2 Å². The molecule has 0 saturated carbocycles. The van der Waals surface area contributed by atoms with Gasteiger partial charge in [0.1, 0.15) is 0 Å². The highest BCUT2D eigenvalue weighted by molar-refractivity contribution is 5.78. The lowest BCUT2D eigenvalue weighted by atomic mass is 10.4. The van der Waals surface area contributed by atoms with Gasteiger partial charge in [0.2, 0.25) is 0 Å². The molecular weight excluding hydrogens is 204 g/mol. The molecule has 0 rings (SSSR count). The van der Waals surface area contributed by atoms with Crippen molar-refractivity contribution in [2.45, 2.75) is 20.3 Å². The second-order valence-electron chi connectivity index (χ2n) is 2.60. The van der Waals surface area contributed by atoms with Gasteiger partial charge in [0, 0.05) is 6.08 Å². The third-order valence-electron chi connectivity index (χ3n) is 1.38. The minimum Gasteiger partial charge on any atom is -0.478 e. The lowest BCUT2D eigenvalue weighted by Gasteiger charge is -2.00. The van der Waals surface area contributed by atoms with E-state index in [4.69, 9.17) is 5.11 Å². The molecule has 96 valence electrons. The van der Waals surface area contributed by atoms with Crippen LogP contribution in [0.1, 0.15) is 20.3 Å². The number of aliphatic carboxylic acids is 1. The predicted octanol–water partition coefficient (Wildman–Crippen LogP) is 1.65. The smallest absolute Gasteiger partial charge is 0.327 e. The van der Waals surface area contributed by atoms with Crippen LogP contribution < -0.4 is 10.6 Å². The molecule has 0 aromatic rings. The molecule has 0 aliphatic carbocycles. The summed E-state index contributed by atoms with van der Waals surface area (Å²) in [4.78, 5) is 9.25. The van der Waals surface area contributed by atoms with E-state index < -0.39 is 5.97 Å². The zero-order valence-corrected chi connectivity index (χ0v) is 10.6. The van der Waals surface area contributed by atoms with E-state index in [1.807, 2.05) is 0 Å². The minimum atomic E-state index is -0.981. The number of carboxylic acid groups (broad SMARTS) is 1. The van der Waals surface area contributed by atoms with Crippen molar-refractivity contribution < 1.29 is 9.90 Å². The average molecular weight is 230 g/mol. The van der Waals surface area contributed by atoms with Crippen LogP contribution in [0.2, 0.25) is 0 Å². The molecule has 0 amide bonds. The molecule has 4 nitrogen and oxygen atoms in total. The number of carbonyl (C=O) groups is 1. The van der Waals surface area contributed by atoms with Crippen molar-refractivity contribution in [2.75, 3.05) is 26.2 Å². The Bertz CT molecular complexity index is 144. The summed E-state index contributed by atoms with van der Waals surface area (Å²) in [6, 6.07) is 0. The summed E-state index contributed by atoms with van der Waals surface area (Å²) in [5, 5.41) is 14.1. The Morgan fingerprint density at radius 2 is 1.50 bits per heavy atom. The highest BCUT2D eigenvalue weighted by Crippen LogP contribution is 1.70. The molecule has 0 aliphatic heterocycles. The molecule has 0 atom stereocenters. The molecule has 0 spiro atoms. The van der Waals surface area contributed by atoms with Crippen molar-refractivity contribution in [3.63, 3.8) is 0 Å². The fourth-order valence-electron chi connectivity index (χ4n) is 0.692. The van der Waals surface area contributed by atoms with Crippen molar-refractivity contribution >= 4 is 5.97 Å². The van der Waals surface area contributed by atoms with E-state index in [0.29, 0.717) is 0 Å². The van der Waals surface area contributed by atoms with E-state index in [0.717, 1.165) is 32.3 Å². The second-order valence-corrected chi connectivity index (χ2v) is 2.60. The van der Waals surface area contributed by atoms with Crippen LogP contribution in [0.4, 0.5) is 0 Å². The zero-order chi connectivity index (χ0) is 13.2. The summed E-state index contributed by atoms with van der Waals surface area (Å²) >= 11 is 0. The maximum atomic E-state index is 9.25. The van der Waals surface area contributed by atoms with Crippen molar-refractivity contribution in [1.29, 1.82) is 0 Å². The summed E-state index contributed by atoms with van der Waals surface area (Å²) < 4.78 is 0. The third kappa shape index (κ3) is 38.4. The van der Waals surface area contributed by atoms with Crippen molar-refractivity contribution in [1.82, 2.24) is 10.6 Å². The molecule has 0 heterocycles. The summed E-state index contributed by atoms with van der Waals surface area (Å²) in [6.07, 6.45) is 2.07. The normalized spacial score (nSPS) is 7.88. The largest absolute Gasteiger partial charge is 0.478 e. The van der Waals surface area contributed by atoms with Gasteiger partial charge in [0.05, 0.1) is 0 Å². The summed E-state index contributed by atoms with van der Waals surface area (Å²) in [5.41, 5.74) is 0. The van der Waals surface area contributed by atoms with E-state index in [1.54, 1.807) is 0 Å². The van der Waals surface area contributed by atoms with Gasteiger partial charge >= 0.3 is 5.97 Å². The van der Waals surface area contributed by atoms with E-state index in [2.05, 4.69) is 44.2 Å². The lowest BCUT2D eigenvalue weighted by molar-refractivity contribution is -0.131. The number of hydrogen-bond acceptors (Lipinski definition) is 3. The zero-order valence-electron chi connectivity index (χ0n) is 10.6. The van der Waals surface area contributed by atoms with Crippen LogP contribution in [0.25, 0.3) is 0 Å². The standard InChI is InChI=1S/C7H18N2.C3H4O2.C2H4/c1-3-8-6-5-7-9-4-2;1-2-3(4)5;1-2/h8-9H,3-7H2,1-2H3;2H,1H2,(H,4,5);1-2H2. The topological polar surface area (TPSA) is 61.4 Å². The van der Waals surface area contributed by atoms with Crippen LogP contribution in [-0.4, -0.2) is 37.3 Å². The third-order valence-corrected chi connectivity index (χ3v) is 1.38. The fraction of sp³-hybridized carbons (Fsp3) is 0.583. The Hall–Kier alpha value is -1.13. The first kappa shape index (κ1) is 20.3. The Labute approximate surface area is 99.4 Å². The number of hydrogen-bond donors (Lipinski definition) is 3. The van der Waals surface area contributed by atoms with Crippen LogP contribution in [-0.2, 0) is 4.79 Å². The van der Waals surface area contributed by atoms with Gasteiger partial charge in [-0.1, -0.05) is 20.4 Å². The molecular formula is C12H26N2O2. The molecule has 0 unspecified atom stereocenters. The molecule has 0 aliphatic rings. The highest BCUT2D eigenvalue weighted by Gasteiger charge is 1.82. The molecule has 3 N–H and O–H groups in total. The lowest BCUT2D eigenvalue weighted by Crippen LogP contribution is -2.21. The predicted molar refractivity (Wildman–Crippen MR) is 70.8 cm³/mol. The molecule has 0 aromatic heterocycles. The first-order valence-corrected chi connectivity index (χ1v) is 5.45. The fourth-order valence-corrected chi connectivity index (χ4v) is 0.692.